The van der Waals surface area contributed by atoms with Crippen molar-refractivity contribution in [3.63, 3.8) is 0 Å². The lowest BCUT2D eigenvalue weighted by Gasteiger charge is -2.36. The molecule has 0 aromatic carbocycles. The summed E-state index contributed by atoms with van der Waals surface area (Å²) in [6, 6.07) is 3.88. The van der Waals surface area contributed by atoms with Crippen LogP contribution in [0.5, 0.6) is 0 Å². The minimum atomic E-state index is -0.563. The number of piperidine rings is 1. The Morgan fingerprint density at radius 1 is 1.62 bits per heavy atom. The molecule has 0 saturated carbocycles. The average Bonchev–Trinajstić information content (AvgIpc) is 2.20. The first-order chi connectivity index (χ1) is 7.57. The van der Waals surface area contributed by atoms with Crippen LogP contribution in [-0.4, -0.2) is 33.7 Å². The Morgan fingerprint density at radius 2 is 2.44 bits per heavy atom. The average molecular weight is 241 g/mol. The highest BCUT2D eigenvalue weighted by Crippen LogP contribution is 2.23. The SMILES string of the molecule is CC1(O)CCCN(Cc2cccnc2Cl)C1. The first-order valence-corrected chi connectivity index (χ1v) is 5.99. The van der Waals surface area contributed by atoms with Gasteiger partial charge in [-0.15, -0.1) is 0 Å². The van der Waals surface area contributed by atoms with E-state index in [1.807, 2.05) is 19.1 Å². The van der Waals surface area contributed by atoms with Crippen molar-refractivity contribution in [2.24, 2.45) is 0 Å². The smallest absolute Gasteiger partial charge is 0.133 e. The molecular weight excluding hydrogens is 224 g/mol. The topological polar surface area (TPSA) is 36.4 Å². The summed E-state index contributed by atoms with van der Waals surface area (Å²) in [7, 11) is 0. The third-order valence-corrected chi connectivity index (χ3v) is 3.32. The molecule has 0 amide bonds. The fourth-order valence-corrected chi connectivity index (χ4v) is 2.42. The minimum Gasteiger partial charge on any atom is -0.389 e. The van der Waals surface area contributed by atoms with Crippen molar-refractivity contribution in [2.45, 2.75) is 31.9 Å². The van der Waals surface area contributed by atoms with E-state index in [1.165, 1.54) is 0 Å². The Bertz CT molecular complexity index is 368. The summed E-state index contributed by atoms with van der Waals surface area (Å²) in [5.41, 5.74) is 0.467. The molecule has 16 heavy (non-hydrogen) atoms. The summed E-state index contributed by atoms with van der Waals surface area (Å²) < 4.78 is 0. The molecular formula is C12H17ClN2O. The third-order valence-electron chi connectivity index (χ3n) is 2.98. The number of likely N-dealkylation sites (tertiary alicyclic amines) is 1. The second-order valence-corrected chi connectivity index (χ2v) is 5.12. The Hall–Kier alpha value is -0.640. The Kier molecular flexibility index (Phi) is 3.47. The van der Waals surface area contributed by atoms with Gasteiger partial charge < -0.3 is 5.11 Å². The van der Waals surface area contributed by atoms with Gasteiger partial charge in [0.15, 0.2) is 0 Å². The number of pyridine rings is 1. The molecule has 1 aromatic heterocycles. The van der Waals surface area contributed by atoms with Crippen LogP contribution in [-0.2, 0) is 6.54 Å². The number of β-amino-alcohol motifs (C(OH)–C–C–N with tert-alkyl or cyclic N) is 1. The molecule has 2 heterocycles. The summed E-state index contributed by atoms with van der Waals surface area (Å²) in [6.07, 6.45) is 3.60. The highest BCUT2D eigenvalue weighted by Gasteiger charge is 2.28. The zero-order valence-corrected chi connectivity index (χ0v) is 10.2. The van der Waals surface area contributed by atoms with Gasteiger partial charge in [-0.05, 0) is 32.4 Å². The molecule has 0 bridgehead atoms. The molecule has 0 spiro atoms. The summed E-state index contributed by atoms with van der Waals surface area (Å²) in [4.78, 5) is 6.29. The van der Waals surface area contributed by atoms with Crippen LogP contribution < -0.4 is 0 Å². The van der Waals surface area contributed by atoms with E-state index >= 15 is 0 Å². The highest BCUT2D eigenvalue weighted by atomic mass is 35.5. The number of aliphatic hydroxyl groups is 1. The molecule has 88 valence electrons. The van der Waals surface area contributed by atoms with E-state index in [-0.39, 0.29) is 0 Å². The molecule has 1 atom stereocenters. The predicted molar refractivity (Wildman–Crippen MR) is 64.4 cm³/mol. The lowest BCUT2D eigenvalue weighted by atomic mass is 9.95. The Morgan fingerprint density at radius 3 is 3.12 bits per heavy atom. The van der Waals surface area contributed by atoms with Crippen molar-refractivity contribution in [1.29, 1.82) is 0 Å². The maximum Gasteiger partial charge on any atom is 0.133 e. The van der Waals surface area contributed by atoms with Gasteiger partial charge in [-0.1, -0.05) is 17.7 Å². The van der Waals surface area contributed by atoms with Gasteiger partial charge in [0.1, 0.15) is 5.15 Å². The van der Waals surface area contributed by atoms with Crippen LogP contribution in [0.1, 0.15) is 25.3 Å². The van der Waals surface area contributed by atoms with Crippen LogP contribution in [0, 0.1) is 0 Å². The van der Waals surface area contributed by atoms with Crippen LogP contribution >= 0.6 is 11.6 Å². The minimum absolute atomic E-state index is 0.563. The first-order valence-electron chi connectivity index (χ1n) is 5.61. The summed E-state index contributed by atoms with van der Waals surface area (Å²) in [6.45, 7) is 4.38. The van der Waals surface area contributed by atoms with E-state index in [9.17, 15) is 5.11 Å². The van der Waals surface area contributed by atoms with Crippen LogP contribution in [0.25, 0.3) is 0 Å². The number of hydrogen-bond acceptors (Lipinski definition) is 3. The van der Waals surface area contributed by atoms with E-state index in [2.05, 4.69) is 9.88 Å². The van der Waals surface area contributed by atoms with Crippen LogP contribution in [0.2, 0.25) is 5.15 Å². The maximum absolute atomic E-state index is 10.0. The van der Waals surface area contributed by atoms with Gasteiger partial charge in [-0.2, -0.15) is 0 Å². The summed E-state index contributed by atoms with van der Waals surface area (Å²) >= 11 is 6.01. The quantitative estimate of drug-likeness (QED) is 0.805. The summed E-state index contributed by atoms with van der Waals surface area (Å²) in [5, 5.41) is 10.6. The van der Waals surface area contributed by atoms with Crippen molar-refractivity contribution < 1.29 is 5.11 Å². The van der Waals surface area contributed by atoms with Gasteiger partial charge in [0.25, 0.3) is 0 Å². The molecule has 0 radical (unpaired) electrons. The lowest BCUT2D eigenvalue weighted by molar-refractivity contribution is -0.0181. The molecule has 1 unspecified atom stereocenters. The number of nitrogens with zero attached hydrogens (tertiary/aromatic N) is 2. The van der Waals surface area contributed by atoms with Crippen LogP contribution in [0.4, 0.5) is 0 Å². The number of rotatable bonds is 2. The molecule has 3 nitrogen and oxygen atoms in total. The largest absolute Gasteiger partial charge is 0.389 e. The molecule has 1 aliphatic rings. The van der Waals surface area contributed by atoms with Crippen LogP contribution in [0.15, 0.2) is 18.3 Å². The van der Waals surface area contributed by atoms with Crippen molar-refractivity contribution in [2.75, 3.05) is 13.1 Å². The molecule has 2 rings (SSSR count). The Labute approximate surface area is 101 Å². The zero-order chi connectivity index (χ0) is 11.6. The number of hydrogen-bond donors (Lipinski definition) is 1. The molecule has 4 heteroatoms. The van der Waals surface area contributed by atoms with Gasteiger partial charge in [0.2, 0.25) is 0 Å². The second kappa shape index (κ2) is 4.70. The van der Waals surface area contributed by atoms with Gasteiger partial charge >= 0.3 is 0 Å². The van der Waals surface area contributed by atoms with Crippen molar-refractivity contribution in [3.05, 3.63) is 29.0 Å². The molecule has 1 saturated heterocycles. The molecule has 0 aliphatic carbocycles. The fraction of sp³-hybridized carbons (Fsp3) is 0.583. The van der Waals surface area contributed by atoms with Crippen molar-refractivity contribution in [1.82, 2.24) is 9.88 Å². The lowest BCUT2D eigenvalue weighted by Crippen LogP contribution is -2.45. The van der Waals surface area contributed by atoms with Gasteiger partial charge in [-0.3, -0.25) is 4.90 Å². The van der Waals surface area contributed by atoms with Gasteiger partial charge in [-0.25, -0.2) is 4.98 Å². The predicted octanol–water partition coefficient (Wildman–Crippen LogP) is 2.08. The first kappa shape index (κ1) is 11.8. The van der Waals surface area contributed by atoms with E-state index in [0.29, 0.717) is 11.7 Å². The molecule has 1 fully saturated rings. The standard InChI is InChI=1S/C12H17ClN2O/c1-12(16)5-3-7-15(9-12)8-10-4-2-6-14-11(10)13/h2,4,6,16H,3,5,7-9H2,1H3. The number of halogens is 1. The normalized spacial score (nSPS) is 26.9. The Balaban J connectivity index is 2.02. The zero-order valence-electron chi connectivity index (χ0n) is 9.49. The van der Waals surface area contributed by atoms with E-state index in [0.717, 1.165) is 31.5 Å². The molecule has 1 N–H and O–H groups in total. The van der Waals surface area contributed by atoms with Crippen molar-refractivity contribution in [3.8, 4) is 0 Å². The van der Waals surface area contributed by atoms with Crippen molar-refractivity contribution >= 4 is 11.6 Å². The van der Waals surface area contributed by atoms with E-state index in [4.69, 9.17) is 11.6 Å². The highest BCUT2D eigenvalue weighted by molar-refractivity contribution is 6.30. The maximum atomic E-state index is 10.0. The van der Waals surface area contributed by atoms with Crippen LogP contribution in [0.3, 0.4) is 0 Å². The third kappa shape index (κ3) is 2.94. The van der Waals surface area contributed by atoms with E-state index in [1.54, 1.807) is 6.20 Å². The van der Waals surface area contributed by atoms with Gasteiger partial charge in [0, 0.05) is 24.8 Å². The second-order valence-electron chi connectivity index (χ2n) is 4.76. The fourth-order valence-electron chi connectivity index (χ4n) is 2.24. The monoisotopic (exact) mass is 240 g/mol. The molecule has 1 aromatic rings. The summed E-state index contributed by atoms with van der Waals surface area (Å²) in [5.74, 6) is 0. The van der Waals surface area contributed by atoms with E-state index < -0.39 is 5.60 Å². The molecule has 1 aliphatic heterocycles. The number of aromatic nitrogens is 1. The van der Waals surface area contributed by atoms with Gasteiger partial charge in [0.05, 0.1) is 5.60 Å².